The van der Waals surface area contributed by atoms with Gasteiger partial charge in [-0.05, 0) is 23.9 Å². The van der Waals surface area contributed by atoms with Crippen LogP contribution in [0.4, 0.5) is 0 Å². The largest absolute Gasteiger partial charge is 0.493 e. The molecule has 1 aromatic carbocycles. The summed E-state index contributed by atoms with van der Waals surface area (Å²) in [5.74, 6) is 2.25. The zero-order valence-corrected chi connectivity index (χ0v) is 17.3. The minimum Gasteiger partial charge on any atom is -0.493 e. The second-order valence-corrected chi connectivity index (χ2v) is 5.87. The van der Waals surface area contributed by atoms with Gasteiger partial charge >= 0.3 is 0 Å². The number of halogens is 1. The Hall–Kier alpha value is -1.48. The molecule has 24 heavy (non-hydrogen) atoms. The molecule has 2 rings (SSSR count). The molecule has 0 fully saturated rings. The number of nitrogens with one attached hydrogen (secondary N) is 2. The van der Waals surface area contributed by atoms with Crippen molar-refractivity contribution in [3.63, 3.8) is 0 Å². The first kappa shape index (κ1) is 20.6. The van der Waals surface area contributed by atoms with Gasteiger partial charge in [0, 0.05) is 30.6 Å². The van der Waals surface area contributed by atoms with Gasteiger partial charge < -0.3 is 20.1 Å². The van der Waals surface area contributed by atoms with E-state index in [0.29, 0.717) is 6.54 Å². The number of aliphatic imine (C=N–C) groups is 1. The highest BCUT2D eigenvalue weighted by Gasteiger charge is 2.09. The van der Waals surface area contributed by atoms with E-state index in [1.54, 1.807) is 32.6 Å². The summed E-state index contributed by atoms with van der Waals surface area (Å²) >= 11 is 1.77. The van der Waals surface area contributed by atoms with Crippen LogP contribution in [0.1, 0.15) is 10.4 Å². The van der Waals surface area contributed by atoms with Crippen LogP contribution in [0.5, 0.6) is 11.5 Å². The topological polar surface area (TPSA) is 54.9 Å². The van der Waals surface area contributed by atoms with E-state index >= 15 is 0 Å². The average Bonchev–Trinajstić information content (AvgIpc) is 3.10. The van der Waals surface area contributed by atoms with Crippen molar-refractivity contribution in [2.24, 2.45) is 4.99 Å². The predicted molar refractivity (Wildman–Crippen MR) is 111 cm³/mol. The summed E-state index contributed by atoms with van der Waals surface area (Å²) in [6, 6.07) is 10.1. The molecule has 5 nitrogen and oxygen atoms in total. The Kier molecular flexibility index (Phi) is 9.55. The molecule has 1 heterocycles. The van der Waals surface area contributed by atoms with Gasteiger partial charge in [-0.25, -0.2) is 0 Å². The Balaban J connectivity index is 0.00000288. The third-order valence-electron chi connectivity index (χ3n) is 3.40. The van der Waals surface area contributed by atoms with E-state index in [4.69, 9.17) is 9.47 Å². The number of thiophene rings is 1. The van der Waals surface area contributed by atoms with Crippen LogP contribution in [0.15, 0.2) is 40.7 Å². The quantitative estimate of drug-likeness (QED) is 0.378. The van der Waals surface area contributed by atoms with Gasteiger partial charge in [-0.15, -0.1) is 35.3 Å². The van der Waals surface area contributed by atoms with Crippen molar-refractivity contribution in [3.8, 4) is 11.5 Å². The molecule has 0 bridgehead atoms. The van der Waals surface area contributed by atoms with Crippen LogP contribution in [-0.4, -0.2) is 33.8 Å². The van der Waals surface area contributed by atoms with E-state index in [0.717, 1.165) is 36.0 Å². The molecule has 1 aromatic heterocycles. The SMILES string of the molecule is CN=C(NCCc1cccs1)NCc1cccc(OC)c1OC.I. The van der Waals surface area contributed by atoms with Crippen LogP contribution < -0.4 is 20.1 Å². The standard InChI is InChI=1S/C17H23N3O2S.HI/c1-18-17(19-10-9-14-7-5-11-23-14)20-12-13-6-4-8-15(21-2)16(13)22-3;/h4-8,11H,9-10,12H2,1-3H3,(H2,18,19,20);1H. The molecule has 0 amide bonds. The molecule has 2 aromatic rings. The Labute approximate surface area is 164 Å². The maximum absolute atomic E-state index is 5.44. The number of hydrogen-bond donors (Lipinski definition) is 2. The van der Waals surface area contributed by atoms with Gasteiger partial charge in [0.05, 0.1) is 14.2 Å². The molecule has 7 heteroatoms. The molecule has 0 saturated heterocycles. The Bertz CT molecular complexity index is 633. The molecule has 0 atom stereocenters. The minimum atomic E-state index is 0. The summed E-state index contributed by atoms with van der Waals surface area (Å²) in [6.45, 7) is 1.45. The van der Waals surface area contributed by atoms with Crippen LogP contribution in [0.25, 0.3) is 0 Å². The summed E-state index contributed by atoms with van der Waals surface area (Å²) in [5.41, 5.74) is 1.02. The van der Waals surface area contributed by atoms with Gasteiger partial charge in [-0.2, -0.15) is 0 Å². The number of guanidine groups is 1. The number of ether oxygens (including phenoxy) is 2. The fraction of sp³-hybridized carbons (Fsp3) is 0.353. The van der Waals surface area contributed by atoms with Crippen molar-refractivity contribution in [1.82, 2.24) is 10.6 Å². The maximum atomic E-state index is 5.44. The second kappa shape index (κ2) is 11.1. The highest BCUT2D eigenvalue weighted by Crippen LogP contribution is 2.30. The molecule has 0 spiro atoms. The predicted octanol–water partition coefficient (Wildman–Crippen LogP) is 3.29. The summed E-state index contributed by atoms with van der Waals surface area (Å²) < 4.78 is 10.8. The van der Waals surface area contributed by atoms with Crippen molar-refractivity contribution >= 4 is 41.3 Å². The highest BCUT2D eigenvalue weighted by atomic mass is 127. The molecule has 2 N–H and O–H groups in total. The van der Waals surface area contributed by atoms with E-state index in [9.17, 15) is 0 Å². The number of rotatable bonds is 7. The van der Waals surface area contributed by atoms with Gasteiger partial charge in [0.2, 0.25) is 0 Å². The molecule has 0 saturated carbocycles. The third-order valence-corrected chi connectivity index (χ3v) is 4.33. The highest BCUT2D eigenvalue weighted by molar-refractivity contribution is 14.0. The Morgan fingerprint density at radius 1 is 1.12 bits per heavy atom. The molecular formula is C17H24IN3O2S. The lowest BCUT2D eigenvalue weighted by atomic mass is 10.2. The number of benzene rings is 1. The Morgan fingerprint density at radius 2 is 1.96 bits per heavy atom. The fourth-order valence-corrected chi connectivity index (χ4v) is 2.96. The van der Waals surface area contributed by atoms with Crippen molar-refractivity contribution < 1.29 is 9.47 Å². The first-order valence-electron chi connectivity index (χ1n) is 7.45. The van der Waals surface area contributed by atoms with E-state index < -0.39 is 0 Å². The molecule has 0 aliphatic heterocycles. The zero-order chi connectivity index (χ0) is 16.5. The van der Waals surface area contributed by atoms with Crippen LogP contribution in [0.3, 0.4) is 0 Å². The fourth-order valence-electron chi connectivity index (χ4n) is 2.25. The number of hydrogen-bond acceptors (Lipinski definition) is 4. The van der Waals surface area contributed by atoms with Crippen molar-refractivity contribution in [2.75, 3.05) is 27.8 Å². The van der Waals surface area contributed by atoms with Crippen LogP contribution in [0.2, 0.25) is 0 Å². The van der Waals surface area contributed by atoms with E-state index in [1.807, 2.05) is 18.2 Å². The van der Waals surface area contributed by atoms with E-state index in [-0.39, 0.29) is 24.0 Å². The summed E-state index contributed by atoms with van der Waals surface area (Å²) in [7, 11) is 5.05. The zero-order valence-electron chi connectivity index (χ0n) is 14.2. The molecule has 0 aliphatic rings. The lowest BCUT2D eigenvalue weighted by Gasteiger charge is -2.15. The first-order valence-corrected chi connectivity index (χ1v) is 8.33. The normalized spacial score (nSPS) is 10.7. The summed E-state index contributed by atoms with van der Waals surface area (Å²) in [6.07, 6.45) is 0.987. The maximum Gasteiger partial charge on any atom is 0.191 e. The Morgan fingerprint density at radius 3 is 2.58 bits per heavy atom. The van der Waals surface area contributed by atoms with Gasteiger partial charge in [-0.1, -0.05) is 18.2 Å². The monoisotopic (exact) mass is 461 g/mol. The van der Waals surface area contributed by atoms with E-state index in [1.165, 1.54) is 4.88 Å². The second-order valence-electron chi connectivity index (χ2n) is 4.83. The summed E-state index contributed by atoms with van der Waals surface area (Å²) in [4.78, 5) is 5.61. The number of nitrogens with zero attached hydrogens (tertiary/aromatic N) is 1. The van der Waals surface area contributed by atoms with Crippen LogP contribution in [-0.2, 0) is 13.0 Å². The van der Waals surface area contributed by atoms with Gasteiger partial charge in [0.1, 0.15) is 0 Å². The molecule has 0 radical (unpaired) electrons. The molecular weight excluding hydrogens is 437 g/mol. The van der Waals surface area contributed by atoms with Crippen LogP contribution in [0, 0.1) is 0 Å². The molecule has 132 valence electrons. The molecule has 0 aliphatic carbocycles. The van der Waals surface area contributed by atoms with Crippen molar-refractivity contribution in [2.45, 2.75) is 13.0 Å². The third kappa shape index (κ3) is 5.86. The smallest absolute Gasteiger partial charge is 0.191 e. The molecule has 0 unspecified atom stereocenters. The first-order chi connectivity index (χ1) is 11.3. The minimum absolute atomic E-state index is 0. The van der Waals surface area contributed by atoms with Gasteiger partial charge in [0.15, 0.2) is 17.5 Å². The van der Waals surface area contributed by atoms with Gasteiger partial charge in [-0.3, -0.25) is 4.99 Å². The lowest BCUT2D eigenvalue weighted by Crippen LogP contribution is -2.37. The average molecular weight is 461 g/mol. The van der Waals surface area contributed by atoms with E-state index in [2.05, 4.69) is 33.1 Å². The van der Waals surface area contributed by atoms with Crippen LogP contribution >= 0.6 is 35.3 Å². The summed E-state index contributed by atoms with van der Waals surface area (Å²) in [5, 5.41) is 8.71. The van der Waals surface area contributed by atoms with Gasteiger partial charge in [0.25, 0.3) is 0 Å². The lowest BCUT2D eigenvalue weighted by molar-refractivity contribution is 0.351. The van der Waals surface area contributed by atoms with Crippen molar-refractivity contribution in [1.29, 1.82) is 0 Å². The number of para-hydroxylation sites is 1. The number of methoxy groups -OCH3 is 2. The van der Waals surface area contributed by atoms with Crippen molar-refractivity contribution in [3.05, 3.63) is 46.2 Å².